The van der Waals surface area contributed by atoms with Gasteiger partial charge in [0.2, 0.25) is 5.95 Å². The van der Waals surface area contributed by atoms with Crippen molar-refractivity contribution in [3.63, 3.8) is 0 Å². The lowest BCUT2D eigenvalue weighted by molar-refractivity contribution is 0.0203. The molecule has 0 saturated heterocycles. The average Bonchev–Trinajstić information content (AvgIpc) is 3.42. The van der Waals surface area contributed by atoms with Crippen molar-refractivity contribution < 1.29 is 4.74 Å². The molecule has 0 amide bonds. The highest BCUT2D eigenvalue weighted by Gasteiger charge is 2.26. The topological polar surface area (TPSA) is 86.0 Å². The zero-order valence-corrected chi connectivity index (χ0v) is 15.7. The monoisotopic (exact) mass is 439 g/mol. The van der Waals surface area contributed by atoms with Crippen molar-refractivity contribution in [1.82, 2.24) is 15.0 Å². The maximum atomic E-state index is 6.01. The molecule has 24 heavy (non-hydrogen) atoms. The van der Waals surface area contributed by atoms with E-state index in [4.69, 9.17) is 10.5 Å². The molecule has 2 aliphatic rings. The molecule has 128 valence electrons. The molecular formula is C17H22IN5O. The number of nitrogens with zero attached hydrogens (tertiary/aromatic N) is 3. The molecule has 7 heteroatoms. The lowest BCUT2D eigenvalue weighted by Crippen LogP contribution is -2.30. The van der Waals surface area contributed by atoms with E-state index < -0.39 is 0 Å². The van der Waals surface area contributed by atoms with E-state index in [1.165, 1.54) is 12.8 Å². The Kier molecular flexibility index (Phi) is 4.71. The maximum Gasteiger partial charge on any atom is 0.223 e. The zero-order valence-electron chi connectivity index (χ0n) is 13.5. The second-order valence-electron chi connectivity index (χ2n) is 6.84. The summed E-state index contributed by atoms with van der Waals surface area (Å²) in [6, 6.07) is 0.417. The number of ether oxygens (including phenoxy) is 1. The quantitative estimate of drug-likeness (QED) is 0.695. The number of nitrogens with two attached hydrogens (primary N) is 1. The van der Waals surface area contributed by atoms with Gasteiger partial charge < -0.3 is 15.8 Å². The Labute approximate surface area is 155 Å². The molecule has 2 fully saturated rings. The summed E-state index contributed by atoms with van der Waals surface area (Å²) >= 11 is 2.23. The number of halogens is 1. The molecule has 0 unspecified atom stereocenters. The summed E-state index contributed by atoms with van der Waals surface area (Å²) in [4.78, 5) is 13.2. The first-order chi connectivity index (χ1) is 11.7. The third-order valence-electron chi connectivity index (χ3n) is 4.88. The van der Waals surface area contributed by atoms with Crippen LogP contribution in [0.15, 0.2) is 12.4 Å². The maximum absolute atomic E-state index is 6.01. The van der Waals surface area contributed by atoms with E-state index in [-0.39, 0.29) is 0 Å². The third kappa shape index (κ3) is 3.72. The number of aromatic nitrogens is 3. The van der Waals surface area contributed by atoms with Crippen LogP contribution in [0.5, 0.6) is 0 Å². The Morgan fingerprint density at radius 1 is 1.12 bits per heavy atom. The second kappa shape index (κ2) is 6.95. The van der Waals surface area contributed by atoms with Crippen LogP contribution in [0.3, 0.4) is 0 Å². The summed E-state index contributed by atoms with van der Waals surface area (Å²) < 4.78 is 7.00. The van der Waals surface area contributed by atoms with Crippen LogP contribution in [0, 0.1) is 9.49 Å². The highest BCUT2D eigenvalue weighted by atomic mass is 127. The number of rotatable bonds is 5. The van der Waals surface area contributed by atoms with Crippen LogP contribution in [0.25, 0.3) is 10.9 Å². The van der Waals surface area contributed by atoms with Gasteiger partial charge in [0.05, 0.1) is 20.6 Å². The van der Waals surface area contributed by atoms with E-state index in [0.29, 0.717) is 23.9 Å². The highest BCUT2D eigenvalue weighted by Crippen LogP contribution is 2.31. The fourth-order valence-electron chi connectivity index (χ4n) is 3.19. The molecule has 4 rings (SSSR count). The number of hydrogen-bond donors (Lipinski definition) is 2. The highest BCUT2D eigenvalue weighted by molar-refractivity contribution is 14.1. The molecule has 0 bridgehead atoms. The van der Waals surface area contributed by atoms with Crippen molar-refractivity contribution in [2.45, 2.75) is 50.7 Å². The predicted molar refractivity (Wildman–Crippen MR) is 103 cm³/mol. The van der Waals surface area contributed by atoms with Crippen LogP contribution in [-0.4, -0.2) is 33.7 Å². The smallest absolute Gasteiger partial charge is 0.223 e. The molecule has 0 atom stereocenters. The van der Waals surface area contributed by atoms with Gasteiger partial charge in [-0.25, -0.2) is 15.0 Å². The second-order valence-corrected chi connectivity index (χ2v) is 8.00. The van der Waals surface area contributed by atoms with Crippen molar-refractivity contribution in [2.24, 2.45) is 5.92 Å². The van der Waals surface area contributed by atoms with E-state index in [1.54, 1.807) is 12.4 Å². The Balaban J connectivity index is 1.37. The molecule has 2 aromatic heterocycles. The molecule has 0 radical (unpaired) electrons. The van der Waals surface area contributed by atoms with E-state index in [2.05, 4.69) is 42.9 Å². The molecule has 3 N–H and O–H groups in total. The van der Waals surface area contributed by atoms with Crippen molar-refractivity contribution in [3.8, 4) is 0 Å². The van der Waals surface area contributed by atoms with E-state index in [1.807, 2.05) is 0 Å². The summed E-state index contributed by atoms with van der Waals surface area (Å²) in [6.45, 7) is 0.963. The third-order valence-corrected chi connectivity index (χ3v) is 5.67. The minimum Gasteiger partial charge on any atom is -0.383 e. The van der Waals surface area contributed by atoms with Crippen LogP contribution >= 0.6 is 22.6 Å². The SMILES string of the molecule is Nc1ncc(I)c2nc(NC3CCC(OCC4CC4)CC3)ncc12. The molecular weight excluding hydrogens is 417 g/mol. The first kappa shape index (κ1) is 16.3. The lowest BCUT2D eigenvalue weighted by atomic mass is 9.93. The van der Waals surface area contributed by atoms with Gasteiger partial charge in [-0.05, 0) is 67.0 Å². The zero-order chi connectivity index (χ0) is 16.5. The van der Waals surface area contributed by atoms with Crippen LogP contribution in [-0.2, 0) is 4.74 Å². The number of nitrogens with one attached hydrogen (secondary N) is 1. The van der Waals surface area contributed by atoms with Gasteiger partial charge in [-0.15, -0.1) is 0 Å². The normalized spacial score (nSPS) is 24.2. The predicted octanol–water partition coefficient (Wildman–Crippen LogP) is 3.36. The Bertz CT molecular complexity index is 728. The van der Waals surface area contributed by atoms with Gasteiger partial charge in [0, 0.05) is 25.0 Å². The first-order valence-electron chi connectivity index (χ1n) is 8.64. The molecule has 6 nitrogen and oxygen atoms in total. The fourth-order valence-corrected chi connectivity index (χ4v) is 3.74. The van der Waals surface area contributed by atoms with Crippen LogP contribution in [0.2, 0.25) is 0 Å². The standard InChI is InChI=1S/C17H22IN5O/c18-14-8-20-16(19)13-7-21-17(23-15(13)14)22-11-3-5-12(6-4-11)24-9-10-1-2-10/h7-8,10-12H,1-6,9H2,(H2,19,20)(H,21,22,23). The van der Waals surface area contributed by atoms with Gasteiger partial charge >= 0.3 is 0 Å². The first-order valence-corrected chi connectivity index (χ1v) is 9.72. The lowest BCUT2D eigenvalue weighted by Gasteiger charge is -2.29. The van der Waals surface area contributed by atoms with Crippen LogP contribution < -0.4 is 11.1 Å². The van der Waals surface area contributed by atoms with E-state index >= 15 is 0 Å². The van der Waals surface area contributed by atoms with Gasteiger partial charge in [-0.2, -0.15) is 0 Å². The number of anilines is 2. The molecule has 2 aromatic rings. The summed E-state index contributed by atoms with van der Waals surface area (Å²) in [6.07, 6.45) is 11.1. The van der Waals surface area contributed by atoms with Gasteiger partial charge in [-0.3, -0.25) is 0 Å². The summed E-state index contributed by atoms with van der Waals surface area (Å²) in [5.41, 5.74) is 6.76. The van der Waals surface area contributed by atoms with E-state index in [9.17, 15) is 0 Å². The Morgan fingerprint density at radius 3 is 2.67 bits per heavy atom. The van der Waals surface area contributed by atoms with Crippen molar-refractivity contribution in [1.29, 1.82) is 0 Å². The number of fused-ring (bicyclic) bond motifs is 1. The summed E-state index contributed by atoms with van der Waals surface area (Å²) in [5, 5.41) is 4.28. The van der Waals surface area contributed by atoms with Crippen LogP contribution in [0.4, 0.5) is 11.8 Å². The minimum atomic E-state index is 0.417. The van der Waals surface area contributed by atoms with Gasteiger partial charge in [0.1, 0.15) is 5.82 Å². The van der Waals surface area contributed by atoms with Crippen molar-refractivity contribution in [3.05, 3.63) is 16.0 Å². The molecule has 2 aliphatic carbocycles. The van der Waals surface area contributed by atoms with Crippen molar-refractivity contribution >= 4 is 45.3 Å². The molecule has 0 aromatic carbocycles. The largest absolute Gasteiger partial charge is 0.383 e. The molecule has 2 saturated carbocycles. The minimum absolute atomic E-state index is 0.417. The fraction of sp³-hybridized carbons (Fsp3) is 0.588. The number of pyridine rings is 1. The van der Waals surface area contributed by atoms with Gasteiger partial charge in [0.25, 0.3) is 0 Å². The summed E-state index contributed by atoms with van der Waals surface area (Å²) in [7, 11) is 0. The molecule has 2 heterocycles. The molecule has 0 aliphatic heterocycles. The van der Waals surface area contributed by atoms with Crippen molar-refractivity contribution in [2.75, 3.05) is 17.7 Å². The number of nitrogen functional groups attached to an aromatic ring is 1. The van der Waals surface area contributed by atoms with Crippen LogP contribution in [0.1, 0.15) is 38.5 Å². The number of hydrogen-bond acceptors (Lipinski definition) is 6. The summed E-state index contributed by atoms with van der Waals surface area (Å²) in [5.74, 6) is 2.00. The van der Waals surface area contributed by atoms with Gasteiger partial charge in [-0.1, -0.05) is 0 Å². The van der Waals surface area contributed by atoms with E-state index in [0.717, 1.165) is 52.7 Å². The average molecular weight is 439 g/mol. The Morgan fingerprint density at radius 2 is 1.92 bits per heavy atom. The van der Waals surface area contributed by atoms with Gasteiger partial charge in [0.15, 0.2) is 0 Å². The Hall–Kier alpha value is -1.22. The molecule has 0 spiro atoms.